The molecule has 2 aromatic rings. The van der Waals surface area contributed by atoms with Crippen LogP contribution in [0, 0.1) is 0 Å². The molecule has 0 heterocycles. The molecule has 0 fully saturated rings. The number of carbonyl (C=O) groups is 1. The van der Waals surface area contributed by atoms with Gasteiger partial charge in [0.2, 0.25) is 0 Å². The van der Waals surface area contributed by atoms with Crippen LogP contribution in [0.4, 0.5) is 10.5 Å². The van der Waals surface area contributed by atoms with Gasteiger partial charge in [0.25, 0.3) is 0 Å². The van der Waals surface area contributed by atoms with Crippen LogP contribution in [-0.2, 0) is 16.8 Å². The van der Waals surface area contributed by atoms with E-state index in [0.717, 1.165) is 0 Å². The van der Waals surface area contributed by atoms with Gasteiger partial charge in [-0.05, 0) is 29.8 Å². The van der Waals surface area contributed by atoms with E-state index in [4.69, 9.17) is 9.29 Å². The molecule has 0 bridgehead atoms. The van der Waals surface area contributed by atoms with Crippen LogP contribution in [0.5, 0.6) is 5.75 Å². The Morgan fingerprint density at radius 1 is 1.10 bits per heavy atom. The normalized spacial score (nSPS) is 11.7. The Morgan fingerprint density at radius 3 is 2.35 bits per heavy atom. The van der Waals surface area contributed by atoms with Crippen LogP contribution in [0.3, 0.4) is 0 Å². The Morgan fingerprint density at radius 2 is 1.75 bits per heavy atom. The average molecular weight is 291 g/mol. The summed E-state index contributed by atoms with van der Waals surface area (Å²) in [6.45, 7) is 0. The number of hydrogen-bond donors (Lipinski definition) is 2. The fourth-order valence-corrected chi connectivity index (χ4v) is 2.04. The monoisotopic (exact) mass is 291 g/mol. The minimum Gasteiger partial charge on any atom is -0.410 e. The van der Waals surface area contributed by atoms with E-state index in [1.807, 2.05) is 6.07 Å². The van der Waals surface area contributed by atoms with Gasteiger partial charge in [0, 0.05) is 5.69 Å². The lowest BCUT2D eigenvalue weighted by Gasteiger charge is -2.07. The molecule has 0 spiro atoms. The molecule has 0 aliphatic carbocycles. The summed E-state index contributed by atoms with van der Waals surface area (Å²) in [6, 6.07) is 15.4. The van der Waals surface area contributed by atoms with Gasteiger partial charge in [-0.2, -0.15) is 0 Å². The molecule has 2 rings (SSSR count). The average Bonchev–Trinajstić information content (AvgIpc) is 2.41. The van der Waals surface area contributed by atoms with E-state index in [-0.39, 0.29) is 5.75 Å². The topological polar surface area (TPSA) is 75.6 Å². The molecule has 1 unspecified atom stereocenters. The molecule has 0 saturated carbocycles. The molecule has 2 aromatic carbocycles. The predicted molar refractivity (Wildman–Crippen MR) is 77.0 cm³/mol. The molecule has 0 aliphatic heterocycles. The van der Waals surface area contributed by atoms with Crippen molar-refractivity contribution in [2.45, 2.75) is 5.75 Å². The van der Waals surface area contributed by atoms with Crippen LogP contribution in [0.1, 0.15) is 5.56 Å². The van der Waals surface area contributed by atoms with Gasteiger partial charge in [0.05, 0.1) is 5.75 Å². The maximum absolute atomic E-state index is 11.6. The fraction of sp³-hybridized carbons (Fsp3) is 0.0714. The number of carbonyl (C=O) groups excluding carboxylic acids is 1. The standard InChI is InChI=1S/C14H13NO4S/c16-14(19-13-4-2-1-3-5-13)15-12-8-6-11(7-9-12)10-20(17)18/h1-9H,10H2,(H,15,16)(H,17,18). The summed E-state index contributed by atoms with van der Waals surface area (Å²) >= 11 is -1.87. The SMILES string of the molecule is O=C(Nc1ccc(CS(=O)O)cc1)Oc1ccccc1. The third-order valence-corrected chi connectivity index (χ3v) is 3.02. The van der Waals surface area contributed by atoms with Crippen LogP contribution < -0.4 is 10.1 Å². The van der Waals surface area contributed by atoms with Crippen LogP contribution >= 0.6 is 0 Å². The number of amides is 1. The molecule has 104 valence electrons. The lowest BCUT2D eigenvalue weighted by Crippen LogP contribution is -2.16. The first-order valence-electron chi connectivity index (χ1n) is 5.84. The van der Waals surface area contributed by atoms with Gasteiger partial charge in [-0.3, -0.25) is 5.32 Å². The first-order chi connectivity index (χ1) is 9.63. The number of ether oxygens (including phenoxy) is 1. The minimum absolute atomic E-state index is 0.0642. The highest BCUT2D eigenvalue weighted by atomic mass is 32.2. The molecule has 20 heavy (non-hydrogen) atoms. The molecule has 1 atom stereocenters. The second-order valence-corrected chi connectivity index (χ2v) is 4.92. The molecule has 0 radical (unpaired) electrons. The van der Waals surface area contributed by atoms with Crippen LogP contribution in [0.2, 0.25) is 0 Å². The van der Waals surface area contributed by atoms with Crippen molar-refractivity contribution in [3.8, 4) is 5.75 Å². The van der Waals surface area contributed by atoms with Gasteiger partial charge >= 0.3 is 6.09 Å². The molecule has 0 aliphatic rings. The van der Waals surface area contributed by atoms with E-state index in [1.54, 1.807) is 48.5 Å². The van der Waals surface area contributed by atoms with Gasteiger partial charge in [0.1, 0.15) is 5.75 Å². The van der Waals surface area contributed by atoms with Gasteiger partial charge < -0.3 is 9.29 Å². The number of benzene rings is 2. The summed E-state index contributed by atoms with van der Waals surface area (Å²) in [6.07, 6.45) is -0.588. The second kappa shape index (κ2) is 6.83. The van der Waals surface area contributed by atoms with Crippen molar-refractivity contribution in [1.29, 1.82) is 0 Å². The third-order valence-electron chi connectivity index (χ3n) is 2.44. The largest absolute Gasteiger partial charge is 0.417 e. The zero-order valence-electron chi connectivity index (χ0n) is 10.5. The predicted octanol–water partition coefficient (Wildman–Crippen LogP) is 3.02. The Labute approximate surface area is 118 Å². The molecule has 2 N–H and O–H groups in total. The van der Waals surface area contributed by atoms with Crippen LogP contribution in [-0.4, -0.2) is 14.9 Å². The third kappa shape index (κ3) is 4.49. The summed E-state index contributed by atoms with van der Waals surface area (Å²) in [4.78, 5) is 11.6. The summed E-state index contributed by atoms with van der Waals surface area (Å²) in [5.74, 6) is 0.520. The number of nitrogens with one attached hydrogen (secondary N) is 1. The maximum atomic E-state index is 11.6. The van der Waals surface area contributed by atoms with Crippen molar-refractivity contribution in [2.75, 3.05) is 5.32 Å². The Hall–Kier alpha value is -2.18. The molecule has 0 aromatic heterocycles. The molecule has 6 heteroatoms. The number of para-hydroxylation sites is 1. The van der Waals surface area contributed by atoms with Crippen molar-refractivity contribution in [1.82, 2.24) is 0 Å². The van der Waals surface area contributed by atoms with E-state index in [1.165, 1.54) is 0 Å². The van der Waals surface area contributed by atoms with Gasteiger partial charge in [0.15, 0.2) is 11.1 Å². The van der Waals surface area contributed by atoms with E-state index in [0.29, 0.717) is 17.0 Å². The van der Waals surface area contributed by atoms with Crippen molar-refractivity contribution in [3.63, 3.8) is 0 Å². The lowest BCUT2D eigenvalue weighted by atomic mass is 10.2. The zero-order valence-corrected chi connectivity index (χ0v) is 11.3. The van der Waals surface area contributed by atoms with Gasteiger partial charge in [-0.1, -0.05) is 30.3 Å². The Bertz CT molecular complexity index is 598. The number of rotatable bonds is 4. The molecular formula is C14H13NO4S. The minimum atomic E-state index is -1.87. The lowest BCUT2D eigenvalue weighted by molar-refractivity contribution is 0.215. The van der Waals surface area contributed by atoms with Crippen molar-refractivity contribution in [2.24, 2.45) is 0 Å². The highest BCUT2D eigenvalue weighted by Crippen LogP contribution is 2.13. The summed E-state index contributed by atoms with van der Waals surface area (Å²) in [7, 11) is 0. The van der Waals surface area contributed by atoms with E-state index in [9.17, 15) is 9.00 Å². The highest BCUT2D eigenvalue weighted by Gasteiger charge is 2.05. The van der Waals surface area contributed by atoms with E-state index < -0.39 is 17.2 Å². The van der Waals surface area contributed by atoms with E-state index in [2.05, 4.69) is 5.32 Å². The summed E-state index contributed by atoms with van der Waals surface area (Å²) in [5.41, 5.74) is 1.27. The molecule has 5 nitrogen and oxygen atoms in total. The second-order valence-electron chi connectivity index (χ2n) is 3.99. The number of hydrogen-bond acceptors (Lipinski definition) is 3. The first-order valence-corrected chi connectivity index (χ1v) is 7.11. The maximum Gasteiger partial charge on any atom is 0.417 e. The smallest absolute Gasteiger partial charge is 0.410 e. The van der Waals surface area contributed by atoms with Crippen LogP contribution in [0.25, 0.3) is 0 Å². The van der Waals surface area contributed by atoms with Crippen molar-refractivity contribution in [3.05, 3.63) is 60.2 Å². The quantitative estimate of drug-likeness (QED) is 0.849. The first kappa shape index (κ1) is 14.2. The molecular weight excluding hydrogens is 278 g/mol. The summed E-state index contributed by atoms with van der Waals surface area (Å²) < 4.78 is 24.5. The van der Waals surface area contributed by atoms with E-state index >= 15 is 0 Å². The fourth-order valence-electron chi connectivity index (χ4n) is 1.57. The van der Waals surface area contributed by atoms with Crippen molar-refractivity contribution >= 4 is 22.9 Å². The molecule has 1 amide bonds. The molecule has 0 saturated heterocycles. The highest BCUT2D eigenvalue weighted by molar-refractivity contribution is 7.78. The van der Waals surface area contributed by atoms with Crippen molar-refractivity contribution < 1.29 is 18.3 Å². The van der Waals surface area contributed by atoms with Gasteiger partial charge in [-0.25, -0.2) is 9.00 Å². The zero-order chi connectivity index (χ0) is 14.4. The van der Waals surface area contributed by atoms with Gasteiger partial charge in [-0.15, -0.1) is 0 Å². The summed E-state index contributed by atoms with van der Waals surface area (Å²) in [5, 5.41) is 2.57. The van der Waals surface area contributed by atoms with Crippen LogP contribution in [0.15, 0.2) is 54.6 Å². The Balaban J connectivity index is 1.93. The Kier molecular flexibility index (Phi) is 4.86. The number of anilines is 1.